The van der Waals surface area contributed by atoms with E-state index in [0.29, 0.717) is 11.1 Å². The molecule has 4 rings (SSSR count). The topological polar surface area (TPSA) is 77.4 Å². The van der Waals surface area contributed by atoms with Crippen molar-refractivity contribution in [3.05, 3.63) is 58.5 Å². The molecule has 0 aliphatic carbocycles. The smallest absolute Gasteiger partial charge is 0.258 e. The van der Waals surface area contributed by atoms with E-state index in [4.69, 9.17) is 4.74 Å². The van der Waals surface area contributed by atoms with Gasteiger partial charge >= 0.3 is 0 Å². The number of rotatable bonds is 5. The van der Waals surface area contributed by atoms with Gasteiger partial charge in [-0.3, -0.25) is 9.52 Å². The van der Waals surface area contributed by atoms with E-state index in [9.17, 15) is 13.2 Å². The van der Waals surface area contributed by atoms with Gasteiger partial charge in [-0.15, -0.1) is 0 Å². The Morgan fingerprint density at radius 2 is 1.86 bits per heavy atom. The van der Waals surface area contributed by atoms with E-state index in [0.717, 1.165) is 40.7 Å². The van der Waals surface area contributed by atoms with Crippen molar-refractivity contribution >= 4 is 26.5 Å². The first-order valence-electron chi connectivity index (χ1n) is 9.75. The average Bonchev–Trinajstić information content (AvgIpc) is 3.13. The third kappa shape index (κ3) is 3.51. The van der Waals surface area contributed by atoms with E-state index in [1.54, 1.807) is 36.9 Å². The summed E-state index contributed by atoms with van der Waals surface area (Å²) in [5.74, 6) is 0.760. The van der Waals surface area contributed by atoms with Crippen LogP contribution in [0.5, 0.6) is 5.75 Å². The van der Waals surface area contributed by atoms with Gasteiger partial charge in [-0.2, -0.15) is 0 Å². The van der Waals surface area contributed by atoms with E-state index >= 15 is 0 Å². The van der Waals surface area contributed by atoms with Crippen LogP contribution in [0.15, 0.2) is 47.4 Å². The second kappa shape index (κ2) is 7.22. The van der Waals surface area contributed by atoms with Crippen LogP contribution in [0, 0.1) is 0 Å². The van der Waals surface area contributed by atoms with Gasteiger partial charge in [0.25, 0.3) is 5.56 Å². The number of ether oxygens (including phenoxy) is 1. The van der Waals surface area contributed by atoms with E-state index in [1.807, 2.05) is 24.3 Å². The number of hydrogen-bond acceptors (Lipinski definition) is 4. The molecule has 0 radical (unpaired) electrons. The first kappa shape index (κ1) is 19.5. The van der Waals surface area contributed by atoms with Crippen molar-refractivity contribution in [3.63, 3.8) is 0 Å². The van der Waals surface area contributed by atoms with Crippen LogP contribution in [0.3, 0.4) is 0 Å². The summed E-state index contributed by atoms with van der Waals surface area (Å²) in [5.41, 5.74) is 3.04. The number of pyridine rings is 1. The molecule has 2 heterocycles. The Labute approximate surface area is 170 Å². The fourth-order valence-electron chi connectivity index (χ4n) is 3.80. The molecule has 2 aromatic carbocycles. The summed E-state index contributed by atoms with van der Waals surface area (Å²) in [4.78, 5) is 12.6. The molecule has 6 nitrogen and oxygen atoms in total. The Morgan fingerprint density at radius 1 is 1.14 bits per heavy atom. The lowest BCUT2D eigenvalue weighted by atomic mass is 9.96. The van der Waals surface area contributed by atoms with Gasteiger partial charge in [0, 0.05) is 47.4 Å². The average molecular weight is 413 g/mol. The van der Waals surface area contributed by atoms with Gasteiger partial charge in [-0.25, -0.2) is 8.42 Å². The summed E-state index contributed by atoms with van der Waals surface area (Å²) >= 11 is 0. The SMILES string of the molecule is CCC1Cc2cc(NS(=O)(=O)CC)cc(-c3cn(C)c(=O)c4ccccc34)c2O1. The second-order valence-corrected chi connectivity index (χ2v) is 9.39. The van der Waals surface area contributed by atoms with Crippen LogP contribution in [0.2, 0.25) is 0 Å². The van der Waals surface area contributed by atoms with Crippen LogP contribution in [0.4, 0.5) is 5.69 Å². The van der Waals surface area contributed by atoms with Gasteiger partial charge in [0.1, 0.15) is 11.9 Å². The minimum Gasteiger partial charge on any atom is -0.489 e. The predicted octanol–water partition coefficient (Wildman–Crippen LogP) is 3.68. The molecule has 1 aromatic heterocycles. The van der Waals surface area contributed by atoms with Crippen molar-refractivity contribution in [2.45, 2.75) is 32.8 Å². The lowest BCUT2D eigenvalue weighted by molar-refractivity contribution is 0.229. The van der Waals surface area contributed by atoms with Gasteiger partial charge in [0.2, 0.25) is 10.0 Å². The Bertz CT molecular complexity index is 1260. The van der Waals surface area contributed by atoms with Crippen molar-refractivity contribution in [1.82, 2.24) is 4.57 Å². The van der Waals surface area contributed by atoms with Crippen molar-refractivity contribution < 1.29 is 13.2 Å². The summed E-state index contributed by atoms with van der Waals surface area (Å²) in [6.45, 7) is 3.67. The van der Waals surface area contributed by atoms with Gasteiger partial charge in [-0.1, -0.05) is 25.1 Å². The molecule has 0 saturated heterocycles. The molecule has 0 bridgehead atoms. The predicted molar refractivity (Wildman–Crippen MR) is 116 cm³/mol. The number of nitrogens with one attached hydrogen (secondary N) is 1. The highest BCUT2D eigenvalue weighted by atomic mass is 32.2. The molecular formula is C22H24N2O4S. The summed E-state index contributed by atoms with van der Waals surface area (Å²) in [7, 11) is -1.69. The number of nitrogens with zero attached hydrogens (tertiary/aromatic N) is 1. The van der Waals surface area contributed by atoms with E-state index < -0.39 is 10.0 Å². The molecule has 0 amide bonds. The highest BCUT2D eigenvalue weighted by Crippen LogP contribution is 2.43. The van der Waals surface area contributed by atoms with Crippen molar-refractivity contribution in [2.24, 2.45) is 7.05 Å². The number of anilines is 1. The van der Waals surface area contributed by atoms with Crippen LogP contribution in [0.25, 0.3) is 21.9 Å². The largest absolute Gasteiger partial charge is 0.489 e. The molecule has 0 spiro atoms. The zero-order valence-electron chi connectivity index (χ0n) is 16.7. The molecule has 1 N–H and O–H groups in total. The van der Waals surface area contributed by atoms with E-state index in [-0.39, 0.29) is 17.4 Å². The molecule has 29 heavy (non-hydrogen) atoms. The van der Waals surface area contributed by atoms with Crippen LogP contribution in [-0.4, -0.2) is 24.8 Å². The normalized spacial score (nSPS) is 15.9. The quantitative estimate of drug-likeness (QED) is 0.693. The first-order valence-corrected chi connectivity index (χ1v) is 11.4. The number of hydrogen-bond donors (Lipinski definition) is 1. The first-order chi connectivity index (χ1) is 13.8. The number of aryl methyl sites for hydroxylation is 1. The molecular weight excluding hydrogens is 388 g/mol. The van der Waals surface area contributed by atoms with Crippen molar-refractivity contribution in [2.75, 3.05) is 10.5 Å². The lowest BCUT2D eigenvalue weighted by Crippen LogP contribution is -2.17. The van der Waals surface area contributed by atoms with Crippen molar-refractivity contribution in [1.29, 1.82) is 0 Å². The number of fused-ring (bicyclic) bond motifs is 2. The number of sulfonamides is 1. The maximum Gasteiger partial charge on any atom is 0.258 e. The number of benzene rings is 2. The van der Waals surface area contributed by atoms with E-state index in [1.165, 1.54) is 0 Å². The van der Waals surface area contributed by atoms with Crippen LogP contribution in [0.1, 0.15) is 25.8 Å². The molecule has 1 unspecified atom stereocenters. The fraction of sp³-hybridized carbons (Fsp3) is 0.318. The van der Waals surface area contributed by atoms with Crippen molar-refractivity contribution in [3.8, 4) is 16.9 Å². The second-order valence-electron chi connectivity index (χ2n) is 7.37. The molecule has 7 heteroatoms. The van der Waals surface area contributed by atoms with Crippen LogP contribution in [-0.2, 0) is 23.5 Å². The summed E-state index contributed by atoms with van der Waals surface area (Å²) in [5, 5.41) is 1.43. The zero-order chi connectivity index (χ0) is 20.8. The van der Waals surface area contributed by atoms with Crippen LogP contribution >= 0.6 is 0 Å². The Balaban J connectivity index is 1.99. The molecule has 1 aliphatic heterocycles. The third-order valence-corrected chi connectivity index (χ3v) is 6.69. The minimum absolute atomic E-state index is 0.00370. The Hall–Kier alpha value is -2.80. The lowest BCUT2D eigenvalue weighted by Gasteiger charge is -2.16. The van der Waals surface area contributed by atoms with E-state index in [2.05, 4.69) is 11.6 Å². The highest BCUT2D eigenvalue weighted by molar-refractivity contribution is 7.92. The number of aromatic nitrogens is 1. The van der Waals surface area contributed by atoms with Crippen LogP contribution < -0.4 is 15.0 Å². The Kier molecular flexibility index (Phi) is 4.86. The molecule has 1 aliphatic rings. The zero-order valence-corrected chi connectivity index (χ0v) is 17.5. The van der Waals surface area contributed by atoms with Gasteiger partial charge in [0.15, 0.2) is 0 Å². The minimum atomic E-state index is -3.41. The third-order valence-electron chi connectivity index (χ3n) is 5.39. The highest BCUT2D eigenvalue weighted by Gasteiger charge is 2.27. The molecule has 152 valence electrons. The fourth-order valence-corrected chi connectivity index (χ4v) is 4.42. The van der Waals surface area contributed by atoms with Gasteiger partial charge in [0.05, 0.1) is 5.75 Å². The molecule has 3 aromatic rings. The monoisotopic (exact) mass is 412 g/mol. The molecule has 0 saturated carbocycles. The van der Waals surface area contributed by atoms with Gasteiger partial charge < -0.3 is 9.30 Å². The maximum atomic E-state index is 12.6. The summed E-state index contributed by atoms with van der Waals surface area (Å²) in [6, 6.07) is 11.1. The standard InChI is InChI=1S/C22H24N2O4S/c1-4-16-11-14-10-15(23-29(26,27)5-2)12-19(21(14)28-16)20-13-24(3)22(25)18-9-7-6-8-17(18)20/h6-10,12-13,16,23H,4-5,11H2,1-3H3. The molecule has 0 fully saturated rings. The molecule has 1 atom stereocenters. The Morgan fingerprint density at radius 3 is 2.55 bits per heavy atom. The summed E-state index contributed by atoms with van der Waals surface area (Å²) in [6.07, 6.45) is 3.43. The summed E-state index contributed by atoms with van der Waals surface area (Å²) < 4.78 is 34.7. The van der Waals surface area contributed by atoms with Gasteiger partial charge in [-0.05, 0) is 36.9 Å². The maximum absolute atomic E-state index is 12.6.